The Morgan fingerprint density at radius 2 is 1.55 bits per heavy atom. The molecule has 4 nitrogen and oxygen atoms in total. The van der Waals surface area contributed by atoms with E-state index in [4.69, 9.17) is 4.74 Å². The molecule has 0 radical (unpaired) electrons. The largest absolute Gasteiger partial charge is 0.423 e. The van der Waals surface area contributed by atoms with E-state index in [1.54, 1.807) is 12.1 Å². The lowest BCUT2D eigenvalue weighted by Crippen LogP contribution is -2.35. The monoisotopic (exact) mass is 380 g/mol. The van der Waals surface area contributed by atoms with E-state index in [1.807, 2.05) is 42.5 Å². The van der Waals surface area contributed by atoms with Crippen molar-refractivity contribution in [1.82, 2.24) is 0 Å². The summed E-state index contributed by atoms with van der Waals surface area (Å²) in [6, 6.07) is 29.5. The van der Waals surface area contributed by atoms with Crippen molar-refractivity contribution in [1.29, 1.82) is 0 Å². The molecule has 0 aliphatic carbocycles. The maximum Gasteiger partial charge on any atom is 0.343 e. The Morgan fingerprint density at radius 3 is 2.34 bits per heavy atom. The molecule has 0 amide bonds. The molecule has 4 aromatic carbocycles. The van der Waals surface area contributed by atoms with Crippen LogP contribution in [0.1, 0.15) is 10.4 Å². The highest BCUT2D eigenvalue weighted by molar-refractivity contribution is 6.06. The predicted molar refractivity (Wildman–Crippen MR) is 117 cm³/mol. The molecule has 1 aliphatic heterocycles. The van der Waals surface area contributed by atoms with Crippen molar-refractivity contribution in [2.45, 2.75) is 0 Å². The molecule has 0 saturated heterocycles. The van der Waals surface area contributed by atoms with Crippen LogP contribution in [0.15, 0.2) is 91.0 Å². The second-order valence-corrected chi connectivity index (χ2v) is 7.17. The van der Waals surface area contributed by atoms with Crippen molar-refractivity contribution in [3.63, 3.8) is 0 Å². The van der Waals surface area contributed by atoms with Crippen LogP contribution in [-0.2, 0) is 0 Å². The molecule has 142 valence electrons. The van der Waals surface area contributed by atoms with Crippen molar-refractivity contribution in [2.75, 3.05) is 23.5 Å². The third kappa shape index (κ3) is 3.09. The van der Waals surface area contributed by atoms with Gasteiger partial charge in [-0.15, -0.1) is 0 Å². The lowest BCUT2D eigenvalue weighted by molar-refractivity contribution is 0.0735. The number of carbonyl (C=O) groups is 1. The van der Waals surface area contributed by atoms with Crippen LogP contribution in [0.3, 0.4) is 0 Å². The third-order valence-electron chi connectivity index (χ3n) is 5.27. The minimum Gasteiger partial charge on any atom is -0.423 e. The normalized spacial score (nSPS) is 12.9. The minimum absolute atomic E-state index is 0.356. The van der Waals surface area contributed by atoms with Crippen LogP contribution in [0, 0.1) is 0 Å². The first-order valence-electron chi connectivity index (χ1n) is 9.58. The predicted octanol–water partition coefficient (Wildman–Crippen LogP) is 5.60. The maximum absolute atomic E-state index is 12.4. The summed E-state index contributed by atoms with van der Waals surface area (Å²) in [5.41, 5.74) is 3.90. The number of hydrogen-bond acceptors (Lipinski definition) is 4. The van der Waals surface area contributed by atoms with Crippen molar-refractivity contribution in [2.24, 2.45) is 0 Å². The lowest BCUT2D eigenvalue weighted by atomic mass is 10.0. The fourth-order valence-electron chi connectivity index (χ4n) is 3.89. The highest BCUT2D eigenvalue weighted by Crippen LogP contribution is 2.42. The number of benzene rings is 4. The molecule has 0 aromatic heterocycles. The topological polar surface area (TPSA) is 32.8 Å². The average Bonchev–Trinajstić information content (AvgIpc) is 2.77. The molecule has 0 bridgehead atoms. The quantitative estimate of drug-likeness (QED) is 0.342. The molecule has 0 atom stereocenters. The number of anilines is 3. The van der Waals surface area contributed by atoms with Crippen molar-refractivity contribution in [3.05, 3.63) is 96.6 Å². The van der Waals surface area contributed by atoms with Gasteiger partial charge in [-0.2, -0.15) is 0 Å². The number of hydrogen-bond donors (Lipinski definition) is 0. The third-order valence-corrected chi connectivity index (χ3v) is 5.27. The van der Waals surface area contributed by atoms with E-state index >= 15 is 0 Å². The fraction of sp³-hybridized carbons (Fsp3) is 0.0800. The van der Waals surface area contributed by atoms with Crippen LogP contribution in [-0.4, -0.2) is 19.7 Å². The average molecular weight is 380 g/mol. The maximum atomic E-state index is 12.4. The van der Waals surface area contributed by atoms with Crippen LogP contribution < -0.4 is 14.5 Å². The molecule has 0 fully saturated rings. The molecule has 1 aliphatic rings. The van der Waals surface area contributed by atoms with Gasteiger partial charge in [-0.1, -0.05) is 48.5 Å². The van der Waals surface area contributed by atoms with E-state index in [0.717, 1.165) is 11.4 Å². The highest BCUT2D eigenvalue weighted by Gasteiger charge is 2.23. The summed E-state index contributed by atoms with van der Waals surface area (Å²) in [7, 11) is 2.09. The highest BCUT2D eigenvalue weighted by atomic mass is 16.5. The van der Waals surface area contributed by atoms with Gasteiger partial charge in [0, 0.05) is 29.9 Å². The van der Waals surface area contributed by atoms with Gasteiger partial charge in [0.1, 0.15) is 5.75 Å². The number of carbonyl (C=O) groups excluding carboxylic acids is 1. The van der Waals surface area contributed by atoms with E-state index < -0.39 is 0 Å². The van der Waals surface area contributed by atoms with E-state index in [9.17, 15) is 4.79 Å². The molecular formula is C25H20N2O2. The fourth-order valence-corrected chi connectivity index (χ4v) is 3.89. The summed E-state index contributed by atoms with van der Waals surface area (Å²) in [4.78, 5) is 16.9. The molecule has 1 heterocycles. The first-order valence-corrected chi connectivity index (χ1v) is 9.58. The van der Waals surface area contributed by atoms with Gasteiger partial charge in [-0.05, 0) is 41.8 Å². The smallest absolute Gasteiger partial charge is 0.343 e. The molecule has 4 aromatic rings. The van der Waals surface area contributed by atoms with E-state index in [-0.39, 0.29) is 5.97 Å². The van der Waals surface area contributed by atoms with Crippen LogP contribution >= 0.6 is 0 Å². The summed E-state index contributed by atoms with van der Waals surface area (Å²) in [5.74, 6) is 0.177. The zero-order valence-electron chi connectivity index (χ0n) is 16.1. The first-order chi connectivity index (χ1) is 14.2. The van der Waals surface area contributed by atoms with E-state index in [1.165, 1.54) is 16.5 Å². The Morgan fingerprint density at radius 1 is 0.828 bits per heavy atom. The summed E-state index contributed by atoms with van der Waals surface area (Å²) in [5, 5.41) is 2.44. The molecule has 0 saturated carbocycles. The summed E-state index contributed by atoms with van der Waals surface area (Å²) in [6.45, 7) is 0.714. The van der Waals surface area contributed by atoms with E-state index in [0.29, 0.717) is 18.0 Å². The molecule has 0 N–H and O–H groups in total. The van der Waals surface area contributed by atoms with Gasteiger partial charge in [0.2, 0.25) is 0 Å². The Bertz CT molecular complexity index is 1200. The molecular weight excluding hydrogens is 360 g/mol. The van der Waals surface area contributed by atoms with Gasteiger partial charge in [0.05, 0.1) is 17.9 Å². The molecule has 0 unspecified atom stereocenters. The second kappa shape index (κ2) is 6.99. The molecule has 5 rings (SSSR count). The zero-order valence-corrected chi connectivity index (χ0v) is 16.1. The van der Waals surface area contributed by atoms with E-state index in [2.05, 4.69) is 53.2 Å². The van der Waals surface area contributed by atoms with Crippen molar-refractivity contribution in [3.8, 4) is 5.75 Å². The van der Waals surface area contributed by atoms with Gasteiger partial charge in [-0.25, -0.2) is 4.79 Å². The van der Waals surface area contributed by atoms with Gasteiger partial charge in [-0.3, -0.25) is 0 Å². The van der Waals surface area contributed by atoms with Crippen molar-refractivity contribution < 1.29 is 9.53 Å². The van der Waals surface area contributed by atoms with Crippen molar-refractivity contribution >= 4 is 33.8 Å². The Kier molecular flexibility index (Phi) is 4.17. The van der Waals surface area contributed by atoms with Crippen LogP contribution in [0.4, 0.5) is 17.1 Å². The summed E-state index contributed by atoms with van der Waals surface area (Å²) in [6.07, 6.45) is 0. The lowest BCUT2D eigenvalue weighted by Gasteiger charge is -2.37. The van der Waals surface area contributed by atoms with Gasteiger partial charge >= 0.3 is 5.97 Å². The molecule has 29 heavy (non-hydrogen) atoms. The number of nitrogens with zero attached hydrogens (tertiary/aromatic N) is 2. The SMILES string of the molecule is CN1CN(c2cccc(OC(=O)c3ccccc3)c2)c2cccc3cccc1c23. The number of ether oxygens (including phenoxy) is 1. The molecule has 4 heteroatoms. The second-order valence-electron chi connectivity index (χ2n) is 7.17. The van der Waals surface area contributed by atoms with Crippen LogP contribution in [0.5, 0.6) is 5.75 Å². The van der Waals surface area contributed by atoms with Gasteiger partial charge < -0.3 is 14.5 Å². The minimum atomic E-state index is -0.356. The number of rotatable bonds is 3. The number of esters is 1. The molecule has 0 spiro atoms. The zero-order chi connectivity index (χ0) is 19.8. The standard InChI is InChI=1S/C25H20N2O2/c1-26-17-27(23-15-6-11-18-10-5-14-22(26)24(18)23)20-12-7-13-21(16-20)29-25(28)19-8-3-2-4-9-19/h2-16H,17H2,1H3. The van der Waals surface area contributed by atoms with Crippen LogP contribution in [0.25, 0.3) is 10.8 Å². The van der Waals surface area contributed by atoms with Crippen LogP contribution in [0.2, 0.25) is 0 Å². The summed E-state index contributed by atoms with van der Waals surface area (Å²) < 4.78 is 5.62. The Hall–Kier alpha value is -3.79. The van der Waals surface area contributed by atoms with Gasteiger partial charge in [0.15, 0.2) is 0 Å². The Balaban J connectivity index is 1.52. The van der Waals surface area contributed by atoms with Gasteiger partial charge in [0.25, 0.3) is 0 Å². The summed E-state index contributed by atoms with van der Waals surface area (Å²) >= 11 is 0. The first kappa shape index (κ1) is 17.3. The Labute approximate surface area is 169 Å².